The molecule has 0 aliphatic heterocycles. The lowest BCUT2D eigenvalue weighted by molar-refractivity contribution is 0.876. The highest BCUT2D eigenvalue weighted by Gasteiger charge is 2.02. The highest BCUT2D eigenvalue weighted by atomic mass is 79.9. The molecule has 0 atom stereocenters. The molecule has 62 valence electrons. The predicted molar refractivity (Wildman–Crippen MR) is 55.6 cm³/mol. The van der Waals surface area contributed by atoms with Gasteiger partial charge in [-0.25, -0.2) is 0 Å². The minimum absolute atomic E-state index is 1.09. The molecule has 0 amide bonds. The minimum Gasteiger partial charge on any atom is -0.364 e. The zero-order valence-corrected chi connectivity index (χ0v) is 9.20. The van der Waals surface area contributed by atoms with Crippen LogP contribution in [0.2, 0.25) is 0 Å². The summed E-state index contributed by atoms with van der Waals surface area (Å²) in [5.74, 6) is 0. The molecule has 0 unspecified atom stereocenters. The van der Waals surface area contributed by atoms with Crippen molar-refractivity contribution in [2.75, 3.05) is 18.0 Å². The highest BCUT2D eigenvalue weighted by Crippen LogP contribution is 2.29. The van der Waals surface area contributed by atoms with Crippen molar-refractivity contribution in [2.24, 2.45) is 0 Å². The SMILES string of the molecule is CCN(CC)c1ccc(Br)s1. The Morgan fingerprint density at radius 3 is 2.36 bits per heavy atom. The third-order valence-corrected chi connectivity index (χ3v) is 3.32. The molecule has 0 fully saturated rings. The lowest BCUT2D eigenvalue weighted by Gasteiger charge is -2.17. The molecular weight excluding hydrogens is 222 g/mol. The summed E-state index contributed by atoms with van der Waals surface area (Å²) < 4.78 is 1.21. The van der Waals surface area contributed by atoms with Crippen LogP contribution in [0, 0.1) is 0 Å². The summed E-state index contributed by atoms with van der Waals surface area (Å²) in [5.41, 5.74) is 0. The summed E-state index contributed by atoms with van der Waals surface area (Å²) in [7, 11) is 0. The fourth-order valence-corrected chi connectivity index (χ4v) is 2.50. The van der Waals surface area contributed by atoms with Crippen molar-refractivity contribution in [3.63, 3.8) is 0 Å². The molecule has 0 N–H and O–H groups in total. The first-order chi connectivity index (χ1) is 5.27. The predicted octanol–water partition coefficient (Wildman–Crippen LogP) is 3.36. The van der Waals surface area contributed by atoms with Crippen molar-refractivity contribution < 1.29 is 0 Å². The molecule has 0 aliphatic rings. The summed E-state index contributed by atoms with van der Waals surface area (Å²) in [6.45, 7) is 6.53. The molecule has 0 bridgehead atoms. The van der Waals surface area contributed by atoms with Gasteiger partial charge >= 0.3 is 0 Å². The second kappa shape index (κ2) is 4.12. The highest BCUT2D eigenvalue weighted by molar-refractivity contribution is 9.11. The summed E-state index contributed by atoms with van der Waals surface area (Å²) in [6, 6.07) is 4.25. The van der Waals surface area contributed by atoms with E-state index in [0.29, 0.717) is 0 Å². The van der Waals surface area contributed by atoms with E-state index >= 15 is 0 Å². The topological polar surface area (TPSA) is 3.24 Å². The van der Waals surface area contributed by atoms with Crippen LogP contribution < -0.4 is 4.90 Å². The van der Waals surface area contributed by atoms with Gasteiger partial charge in [-0.2, -0.15) is 0 Å². The molecule has 1 nitrogen and oxygen atoms in total. The third kappa shape index (κ3) is 2.20. The van der Waals surface area contributed by atoms with Gasteiger partial charge in [-0.3, -0.25) is 0 Å². The molecule has 0 radical (unpaired) electrons. The van der Waals surface area contributed by atoms with Gasteiger partial charge in [-0.15, -0.1) is 11.3 Å². The van der Waals surface area contributed by atoms with Crippen LogP contribution >= 0.6 is 27.3 Å². The molecule has 1 aromatic heterocycles. The first-order valence-corrected chi connectivity index (χ1v) is 5.39. The summed E-state index contributed by atoms with van der Waals surface area (Å²) >= 11 is 5.24. The Morgan fingerprint density at radius 1 is 1.36 bits per heavy atom. The van der Waals surface area contributed by atoms with Crippen LogP contribution in [0.25, 0.3) is 0 Å². The maximum absolute atomic E-state index is 3.45. The molecule has 0 aliphatic carbocycles. The average molecular weight is 234 g/mol. The van der Waals surface area contributed by atoms with Gasteiger partial charge in [0.25, 0.3) is 0 Å². The summed E-state index contributed by atoms with van der Waals surface area (Å²) in [6.07, 6.45) is 0. The number of anilines is 1. The first kappa shape index (κ1) is 9.07. The van der Waals surface area contributed by atoms with E-state index in [-0.39, 0.29) is 0 Å². The number of hydrogen-bond acceptors (Lipinski definition) is 2. The zero-order chi connectivity index (χ0) is 8.27. The number of hydrogen-bond donors (Lipinski definition) is 0. The van der Waals surface area contributed by atoms with E-state index < -0.39 is 0 Å². The monoisotopic (exact) mass is 233 g/mol. The van der Waals surface area contributed by atoms with E-state index in [2.05, 4.69) is 46.8 Å². The Labute approximate surface area is 80.2 Å². The molecule has 1 rings (SSSR count). The second-order valence-electron chi connectivity index (χ2n) is 2.25. The van der Waals surface area contributed by atoms with Gasteiger partial charge < -0.3 is 4.90 Å². The lowest BCUT2D eigenvalue weighted by atomic mass is 10.5. The largest absolute Gasteiger partial charge is 0.364 e. The number of nitrogens with zero attached hydrogens (tertiary/aromatic N) is 1. The molecular formula is C8H12BrNS. The van der Waals surface area contributed by atoms with E-state index in [1.165, 1.54) is 8.79 Å². The van der Waals surface area contributed by atoms with Gasteiger partial charge in [0.05, 0.1) is 8.79 Å². The number of halogens is 1. The minimum atomic E-state index is 1.09. The van der Waals surface area contributed by atoms with Crippen molar-refractivity contribution in [1.82, 2.24) is 0 Å². The Kier molecular flexibility index (Phi) is 3.40. The Morgan fingerprint density at radius 2 is 2.00 bits per heavy atom. The maximum Gasteiger partial charge on any atom is 0.0920 e. The Hall–Kier alpha value is -0.0200. The zero-order valence-electron chi connectivity index (χ0n) is 6.80. The molecule has 0 saturated heterocycles. The number of rotatable bonds is 3. The molecule has 11 heavy (non-hydrogen) atoms. The molecule has 1 heterocycles. The second-order valence-corrected chi connectivity index (χ2v) is 4.69. The summed E-state index contributed by atoms with van der Waals surface area (Å²) in [4.78, 5) is 2.34. The van der Waals surface area contributed by atoms with Crippen LogP contribution in [-0.4, -0.2) is 13.1 Å². The van der Waals surface area contributed by atoms with Crippen LogP contribution in [0.15, 0.2) is 15.9 Å². The van der Waals surface area contributed by atoms with Gasteiger partial charge in [0.1, 0.15) is 0 Å². The van der Waals surface area contributed by atoms with Gasteiger partial charge in [0.15, 0.2) is 0 Å². The van der Waals surface area contributed by atoms with Gasteiger partial charge in [0.2, 0.25) is 0 Å². The van der Waals surface area contributed by atoms with Crippen molar-refractivity contribution in [3.05, 3.63) is 15.9 Å². The fourth-order valence-electron chi connectivity index (χ4n) is 1.01. The Balaban J connectivity index is 2.73. The van der Waals surface area contributed by atoms with Crippen LogP contribution in [0.1, 0.15) is 13.8 Å². The van der Waals surface area contributed by atoms with Crippen molar-refractivity contribution in [3.8, 4) is 0 Å². The average Bonchev–Trinajstić information content (AvgIpc) is 2.39. The molecule has 0 spiro atoms. The molecule has 0 saturated carbocycles. The van der Waals surface area contributed by atoms with Crippen LogP contribution in [-0.2, 0) is 0 Å². The van der Waals surface area contributed by atoms with E-state index in [4.69, 9.17) is 0 Å². The smallest absolute Gasteiger partial charge is 0.0920 e. The Bertz CT molecular complexity index is 218. The third-order valence-electron chi connectivity index (χ3n) is 1.63. The maximum atomic E-state index is 3.45. The fraction of sp³-hybridized carbons (Fsp3) is 0.500. The normalized spacial score (nSPS) is 10.1. The van der Waals surface area contributed by atoms with Gasteiger partial charge in [-0.05, 0) is 41.9 Å². The number of thiophene rings is 1. The van der Waals surface area contributed by atoms with Crippen molar-refractivity contribution in [1.29, 1.82) is 0 Å². The summed E-state index contributed by atoms with van der Waals surface area (Å²) in [5, 5.41) is 1.35. The van der Waals surface area contributed by atoms with Crippen LogP contribution in [0.4, 0.5) is 5.00 Å². The van der Waals surface area contributed by atoms with Crippen molar-refractivity contribution in [2.45, 2.75) is 13.8 Å². The van der Waals surface area contributed by atoms with Gasteiger partial charge in [-0.1, -0.05) is 0 Å². The first-order valence-electron chi connectivity index (χ1n) is 3.78. The van der Waals surface area contributed by atoms with E-state index in [1.54, 1.807) is 11.3 Å². The standard InChI is InChI=1S/C8H12BrNS/c1-3-10(4-2)8-6-5-7(9)11-8/h5-6H,3-4H2,1-2H3. The molecule has 3 heteroatoms. The van der Waals surface area contributed by atoms with Crippen molar-refractivity contribution >= 4 is 32.3 Å². The van der Waals surface area contributed by atoms with E-state index in [1.807, 2.05) is 0 Å². The van der Waals surface area contributed by atoms with Crippen LogP contribution in [0.3, 0.4) is 0 Å². The lowest BCUT2D eigenvalue weighted by Crippen LogP contribution is -2.20. The molecule has 0 aromatic carbocycles. The van der Waals surface area contributed by atoms with Gasteiger partial charge in [0, 0.05) is 13.1 Å². The van der Waals surface area contributed by atoms with Crippen LogP contribution in [0.5, 0.6) is 0 Å². The molecule has 1 aromatic rings. The van der Waals surface area contributed by atoms with E-state index in [9.17, 15) is 0 Å². The van der Waals surface area contributed by atoms with E-state index in [0.717, 1.165) is 13.1 Å². The quantitative estimate of drug-likeness (QED) is 0.775.